The van der Waals surface area contributed by atoms with Gasteiger partial charge in [-0.25, -0.2) is 18.6 Å². The van der Waals surface area contributed by atoms with E-state index in [0.717, 1.165) is 6.07 Å². The highest BCUT2D eigenvalue weighted by Gasteiger charge is 2.32. The summed E-state index contributed by atoms with van der Waals surface area (Å²) in [4.78, 5) is 17.8. The standard InChI is InChI=1S/C17H12F2N2O3S/c18-10-6-13(19)16-14(7-10)25-17(20-16)21-8-12(9-21)24-15(22)4-3-11-2-1-5-23-11/h1-7,12H,8-9H2. The lowest BCUT2D eigenvalue weighted by atomic mass is 10.2. The number of carbonyl (C=O) groups excluding carboxylic acids is 1. The number of halogens is 2. The van der Waals surface area contributed by atoms with Gasteiger partial charge in [-0.1, -0.05) is 11.3 Å². The first-order valence-corrected chi connectivity index (χ1v) is 8.33. The summed E-state index contributed by atoms with van der Waals surface area (Å²) < 4.78 is 37.8. The molecule has 0 saturated carbocycles. The van der Waals surface area contributed by atoms with Gasteiger partial charge in [0.1, 0.15) is 23.2 Å². The number of fused-ring (bicyclic) bond motifs is 1. The molecule has 1 aromatic carbocycles. The predicted molar refractivity (Wildman–Crippen MR) is 89.4 cm³/mol. The molecule has 1 fully saturated rings. The van der Waals surface area contributed by atoms with Crippen LogP contribution in [0.1, 0.15) is 5.76 Å². The highest BCUT2D eigenvalue weighted by atomic mass is 32.1. The first-order valence-electron chi connectivity index (χ1n) is 7.51. The van der Waals surface area contributed by atoms with Gasteiger partial charge in [0.2, 0.25) is 0 Å². The number of nitrogens with zero attached hydrogens (tertiary/aromatic N) is 2. The summed E-state index contributed by atoms with van der Waals surface area (Å²) in [5.74, 6) is -1.20. The van der Waals surface area contributed by atoms with Crippen molar-refractivity contribution in [1.29, 1.82) is 0 Å². The van der Waals surface area contributed by atoms with E-state index in [4.69, 9.17) is 9.15 Å². The Morgan fingerprint density at radius 2 is 2.24 bits per heavy atom. The average molecular weight is 362 g/mol. The van der Waals surface area contributed by atoms with Gasteiger partial charge in [-0.3, -0.25) is 0 Å². The number of esters is 1. The van der Waals surface area contributed by atoms with E-state index in [1.165, 1.54) is 35.8 Å². The van der Waals surface area contributed by atoms with E-state index in [1.54, 1.807) is 12.1 Å². The van der Waals surface area contributed by atoms with E-state index in [0.29, 0.717) is 28.7 Å². The second-order valence-corrected chi connectivity index (χ2v) is 6.55. The summed E-state index contributed by atoms with van der Waals surface area (Å²) in [5.41, 5.74) is 0.156. The molecular weight excluding hydrogens is 350 g/mol. The van der Waals surface area contributed by atoms with Gasteiger partial charge in [-0.05, 0) is 24.3 Å². The van der Waals surface area contributed by atoms with Crippen LogP contribution in [0.25, 0.3) is 16.3 Å². The summed E-state index contributed by atoms with van der Waals surface area (Å²) in [6.07, 6.45) is 4.09. The van der Waals surface area contributed by atoms with Crippen molar-refractivity contribution < 1.29 is 22.7 Å². The molecule has 8 heteroatoms. The van der Waals surface area contributed by atoms with E-state index in [1.807, 2.05) is 4.90 Å². The van der Waals surface area contributed by atoms with Crippen LogP contribution in [0.2, 0.25) is 0 Å². The number of hydrogen-bond donors (Lipinski definition) is 0. The quantitative estimate of drug-likeness (QED) is 0.524. The molecule has 0 bridgehead atoms. The van der Waals surface area contributed by atoms with Gasteiger partial charge in [0.15, 0.2) is 10.9 Å². The number of rotatable bonds is 4. The average Bonchev–Trinajstić information content (AvgIpc) is 3.17. The number of aromatic nitrogens is 1. The molecule has 3 heterocycles. The van der Waals surface area contributed by atoms with Crippen molar-refractivity contribution >= 4 is 38.7 Å². The summed E-state index contributed by atoms with van der Waals surface area (Å²) >= 11 is 1.21. The number of anilines is 1. The number of ether oxygens (including phenoxy) is 1. The van der Waals surface area contributed by atoms with E-state index in [9.17, 15) is 13.6 Å². The van der Waals surface area contributed by atoms with Gasteiger partial charge in [0.05, 0.1) is 24.1 Å². The third kappa shape index (κ3) is 3.25. The zero-order valence-electron chi connectivity index (χ0n) is 12.8. The van der Waals surface area contributed by atoms with Crippen LogP contribution in [0.4, 0.5) is 13.9 Å². The molecule has 3 aromatic rings. The van der Waals surface area contributed by atoms with E-state index >= 15 is 0 Å². The van der Waals surface area contributed by atoms with Crippen LogP contribution in [-0.4, -0.2) is 30.1 Å². The minimum absolute atomic E-state index is 0.156. The number of benzene rings is 1. The van der Waals surface area contributed by atoms with Crippen LogP contribution in [-0.2, 0) is 9.53 Å². The monoisotopic (exact) mass is 362 g/mol. The second-order valence-electron chi connectivity index (χ2n) is 5.54. The lowest BCUT2D eigenvalue weighted by Crippen LogP contribution is -2.52. The Labute approximate surface area is 145 Å². The summed E-state index contributed by atoms with van der Waals surface area (Å²) in [6, 6.07) is 5.53. The molecule has 4 rings (SSSR count). The molecule has 0 amide bonds. The zero-order valence-corrected chi connectivity index (χ0v) is 13.6. The second kappa shape index (κ2) is 6.29. The van der Waals surface area contributed by atoms with Crippen molar-refractivity contribution in [3.05, 3.63) is 54.0 Å². The molecule has 25 heavy (non-hydrogen) atoms. The Morgan fingerprint density at radius 3 is 3.00 bits per heavy atom. The topological polar surface area (TPSA) is 55.6 Å². The molecule has 0 aliphatic carbocycles. The van der Waals surface area contributed by atoms with Crippen molar-refractivity contribution in [2.24, 2.45) is 0 Å². The zero-order chi connectivity index (χ0) is 17.4. The van der Waals surface area contributed by atoms with Crippen molar-refractivity contribution in [2.75, 3.05) is 18.0 Å². The maximum Gasteiger partial charge on any atom is 0.331 e. The number of furan rings is 1. The van der Waals surface area contributed by atoms with Crippen molar-refractivity contribution in [1.82, 2.24) is 4.98 Å². The van der Waals surface area contributed by atoms with Gasteiger partial charge in [-0.15, -0.1) is 0 Å². The smallest absolute Gasteiger partial charge is 0.331 e. The Balaban J connectivity index is 1.36. The van der Waals surface area contributed by atoms with E-state index in [-0.39, 0.29) is 11.6 Å². The molecule has 2 aromatic heterocycles. The largest absolute Gasteiger partial charge is 0.465 e. The SMILES string of the molecule is O=C(C=Cc1ccco1)OC1CN(c2nc3c(F)cc(F)cc3s2)C1. The van der Waals surface area contributed by atoms with Gasteiger partial charge in [0, 0.05) is 12.1 Å². The summed E-state index contributed by atoms with van der Waals surface area (Å²) in [5, 5.41) is 0.581. The molecule has 0 spiro atoms. The Kier molecular flexibility index (Phi) is 3.96. The molecule has 128 valence electrons. The first kappa shape index (κ1) is 15.8. The van der Waals surface area contributed by atoms with E-state index < -0.39 is 17.6 Å². The minimum atomic E-state index is -0.677. The fourth-order valence-electron chi connectivity index (χ4n) is 2.49. The van der Waals surface area contributed by atoms with Crippen LogP contribution < -0.4 is 4.90 Å². The molecule has 0 unspecified atom stereocenters. The highest BCUT2D eigenvalue weighted by molar-refractivity contribution is 7.22. The van der Waals surface area contributed by atoms with E-state index in [2.05, 4.69) is 4.98 Å². The Bertz CT molecular complexity index is 946. The number of hydrogen-bond acceptors (Lipinski definition) is 6. The van der Waals surface area contributed by atoms with Gasteiger partial charge >= 0.3 is 5.97 Å². The van der Waals surface area contributed by atoms with Gasteiger partial charge < -0.3 is 14.1 Å². The normalized spacial score (nSPS) is 15.0. The lowest BCUT2D eigenvalue weighted by Gasteiger charge is -2.37. The summed E-state index contributed by atoms with van der Waals surface area (Å²) in [7, 11) is 0. The molecular formula is C17H12F2N2O3S. The predicted octanol–water partition coefficient (Wildman–Crippen LogP) is 3.61. The fourth-order valence-corrected chi connectivity index (χ4v) is 3.51. The van der Waals surface area contributed by atoms with Crippen molar-refractivity contribution in [3.8, 4) is 0 Å². The Hall–Kier alpha value is -2.74. The van der Waals surface area contributed by atoms with Crippen LogP contribution in [0.3, 0.4) is 0 Å². The van der Waals surface area contributed by atoms with Gasteiger partial charge in [-0.2, -0.15) is 0 Å². The number of carbonyl (C=O) groups is 1. The third-order valence-electron chi connectivity index (χ3n) is 3.73. The number of thiazole rings is 1. The first-order chi connectivity index (χ1) is 12.1. The van der Waals surface area contributed by atoms with Crippen LogP contribution >= 0.6 is 11.3 Å². The molecule has 1 aliphatic rings. The molecule has 1 saturated heterocycles. The van der Waals surface area contributed by atoms with Crippen molar-refractivity contribution in [2.45, 2.75) is 6.10 Å². The molecule has 5 nitrogen and oxygen atoms in total. The molecule has 1 aliphatic heterocycles. The Morgan fingerprint density at radius 1 is 1.40 bits per heavy atom. The minimum Gasteiger partial charge on any atom is -0.465 e. The summed E-state index contributed by atoms with van der Waals surface area (Å²) in [6.45, 7) is 0.925. The third-order valence-corrected chi connectivity index (χ3v) is 4.79. The van der Waals surface area contributed by atoms with Crippen LogP contribution in [0.5, 0.6) is 0 Å². The molecule has 0 atom stereocenters. The van der Waals surface area contributed by atoms with Crippen LogP contribution in [0, 0.1) is 11.6 Å². The maximum atomic E-state index is 13.7. The lowest BCUT2D eigenvalue weighted by molar-refractivity contribution is -0.143. The van der Waals surface area contributed by atoms with Gasteiger partial charge in [0.25, 0.3) is 0 Å². The highest BCUT2D eigenvalue weighted by Crippen LogP contribution is 2.33. The molecule has 0 N–H and O–H groups in total. The van der Waals surface area contributed by atoms with Crippen LogP contribution in [0.15, 0.2) is 41.0 Å². The van der Waals surface area contributed by atoms with Crippen molar-refractivity contribution in [3.63, 3.8) is 0 Å². The molecule has 0 radical (unpaired) electrons. The maximum absolute atomic E-state index is 13.7. The fraction of sp³-hybridized carbons (Fsp3) is 0.176.